The summed E-state index contributed by atoms with van der Waals surface area (Å²) in [7, 11) is -3.51. The topological polar surface area (TPSA) is 113 Å². The van der Waals surface area contributed by atoms with Gasteiger partial charge < -0.3 is 10.4 Å². The molecule has 0 aromatic rings. The lowest BCUT2D eigenvalue weighted by molar-refractivity contribution is -0.138. The van der Waals surface area contributed by atoms with E-state index in [4.69, 9.17) is 5.11 Å². The highest BCUT2D eigenvalue weighted by atomic mass is 32.2. The Labute approximate surface area is 101 Å². The number of amides is 1. The monoisotopic (exact) mass is 266 g/mol. The van der Waals surface area contributed by atoms with E-state index < -0.39 is 34.5 Å². The van der Waals surface area contributed by atoms with Gasteiger partial charge in [0, 0.05) is 0 Å². The molecule has 0 spiro atoms. The zero-order valence-corrected chi connectivity index (χ0v) is 10.9. The Hall–Kier alpha value is -1.15. The summed E-state index contributed by atoms with van der Waals surface area (Å²) in [4.78, 5) is 21.8. The normalized spacial score (nSPS) is 13.4. The molecule has 0 aliphatic heterocycles. The smallest absolute Gasteiger partial charge is 0.322 e. The van der Waals surface area contributed by atoms with Gasteiger partial charge in [0.15, 0.2) is 0 Å². The molecule has 7 nitrogen and oxygen atoms in total. The SMILES string of the molecule is CC(C)C[C@@H](NS(C)(=O)=O)C(=O)NCC(=O)O. The third-order valence-electron chi connectivity index (χ3n) is 1.79. The first-order valence-corrected chi connectivity index (χ1v) is 6.97. The predicted molar refractivity (Wildman–Crippen MR) is 61.9 cm³/mol. The average molecular weight is 266 g/mol. The van der Waals surface area contributed by atoms with Crippen molar-refractivity contribution >= 4 is 21.9 Å². The highest BCUT2D eigenvalue weighted by Gasteiger charge is 2.23. The van der Waals surface area contributed by atoms with E-state index in [0.29, 0.717) is 6.42 Å². The van der Waals surface area contributed by atoms with Crippen LogP contribution >= 0.6 is 0 Å². The van der Waals surface area contributed by atoms with Gasteiger partial charge in [-0.2, -0.15) is 0 Å². The number of aliphatic carboxylic acids is 1. The van der Waals surface area contributed by atoms with E-state index in [2.05, 4.69) is 10.0 Å². The van der Waals surface area contributed by atoms with Crippen molar-refractivity contribution in [2.75, 3.05) is 12.8 Å². The van der Waals surface area contributed by atoms with Crippen molar-refractivity contribution in [1.29, 1.82) is 0 Å². The summed E-state index contributed by atoms with van der Waals surface area (Å²) in [5.74, 6) is -1.71. The van der Waals surface area contributed by atoms with E-state index in [0.717, 1.165) is 6.26 Å². The molecule has 3 N–H and O–H groups in total. The number of carbonyl (C=O) groups is 2. The van der Waals surface area contributed by atoms with Gasteiger partial charge in [-0.05, 0) is 12.3 Å². The lowest BCUT2D eigenvalue weighted by atomic mass is 10.0. The summed E-state index contributed by atoms with van der Waals surface area (Å²) < 4.78 is 24.3. The number of carboxylic acid groups (broad SMARTS) is 1. The maximum absolute atomic E-state index is 11.6. The number of rotatable bonds is 7. The van der Waals surface area contributed by atoms with E-state index >= 15 is 0 Å². The van der Waals surface area contributed by atoms with Crippen LogP contribution < -0.4 is 10.0 Å². The van der Waals surface area contributed by atoms with Gasteiger partial charge in [-0.15, -0.1) is 0 Å². The van der Waals surface area contributed by atoms with Crippen LogP contribution in [-0.4, -0.2) is 44.2 Å². The van der Waals surface area contributed by atoms with Crippen molar-refractivity contribution in [3.05, 3.63) is 0 Å². The van der Waals surface area contributed by atoms with E-state index in [1.165, 1.54) is 0 Å². The Morgan fingerprint density at radius 1 is 1.29 bits per heavy atom. The fourth-order valence-corrected chi connectivity index (χ4v) is 1.94. The molecule has 0 heterocycles. The molecule has 1 amide bonds. The zero-order chi connectivity index (χ0) is 13.6. The number of hydrogen-bond acceptors (Lipinski definition) is 4. The quantitative estimate of drug-likeness (QED) is 0.555. The molecule has 0 rings (SSSR count). The van der Waals surface area contributed by atoms with Crippen LogP contribution in [0.5, 0.6) is 0 Å². The maximum Gasteiger partial charge on any atom is 0.322 e. The Morgan fingerprint density at radius 2 is 1.82 bits per heavy atom. The molecular weight excluding hydrogens is 248 g/mol. The first kappa shape index (κ1) is 15.9. The van der Waals surface area contributed by atoms with Crippen LogP contribution in [0.3, 0.4) is 0 Å². The molecule has 0 radical (unpaired) electrons. The molecule has 8 heteroatoms. The van der Waals surface area contributed by atoms with Gasteiger partial charge in [-0.25, -0.2) is 13.1 Å². The van der Waals surface area contributed by atoms with Crippen molar-refractivity contribution in [1.82, 2.24) is 10.0 Å². The maximum atomic E-state index is 11.6. The summed E-state index contributed by atoms with van der Waals surface area (Å²) in [5, 5.41) is 10.5. The number of carbonyl (C=O) groups excluding carboxylic acids is 1. The van der Waals surface area contributed by atoms with Crippen LogP contribution in [0.15, 0.2) is 0 Å². The van der Waals surface area contributed by atoms with Crippen LogP contribution in [-0.2, 0) is 19.6 Å². The van der Waals surface area contributed by atoms with E-state index in [1.807, 2.05) is 13.8 Å². The minimum Gasteiger partial charge on any atom is -0.480 e. The van der Waals surface area contributed by atoms with Gasteiger partial charge in [-0.1, -0.05) is 13.8 Å². The minimum absolute atomic E-state index is 0.102. The van der Waals surface area contributed by atoms with Crippen molar-refractivity contribution in [2.24, 2.45) is 5.92 Å². The summed E-state index contributed by atoms with van der Waals surface area (Å²) in [6.45, 7) is 3.14. The molecule has 100 valence electrons. The second-order valence-corrected chi connectivity index (χ2v) is 5.96. The van der Waals surface area contributed by atoms with Gasteiger partial charge in [0.05, 0.1) is 6.26 Å². The number of sulfonamides is 1. The largest absolute Gasteiger partial charge is 0.480 e. The van der Waals surface area contributed by atoms with E-state index in [1.54, 1.807) is 0 Å². The van der Waals surface area contributed by atoms with Crippen LogP contribution in [0.2, 0.25) is 0 Å². The number of hydrogen-bond donors (Lipinski definition) is 3. The Bertz CT molecular complexity index is 377. The third kappa shape index (κ3) is 8.64. The molecule has 0 bridgehead atoms. The van der Waals surface area contributed by atoms with Crippen LogP contribution in [0.4, 0.5) is 0 Å². The molecule has 0 aliphatic carbocycles. The molecule has 0 aromatic carbocycles. The molecule has 0 fully saturated rings. The van der Waals surface area contributed by atoms with Crippen molar-refractivity contribution in [3.8, 4) is 0 Å². The van der Waals surface area contributed by atoms with Gasteiger partial charge in [0.1, 0.15) is 12.6 Å². The average Bonchev–Trinajstić information content (AvgIpc) is 2.09. The standard InChI is InChI=1S/C9H18N2O5S/c1-6(2)4-7(11-17(3,15)16)9(14)10-5-8(12)13/h6-7,11H,4-5H2,1-3H3,(H,10,14)(H,12,13)/t7-/m1/s1. The zero-order valence-electron chi connectivity index (χ0n) is 10.1. The van der Waals surface area contributed by atoms with Crippen LogP contribution in [0.25, 0.3) is 0 Å². The molecule has 0 unspecified atom stereocenters. The van der Waals surface area contributed by atoms with Crippen molar-refractivity contribution in [3.63, 3.8) is 0 Å². The molecule has 0 saturated heterocycles. The second-order valence-electron chi connectivity index (χ2n) is 4.18. The highest BCUT2D eigenvalue weighted by molar-refractivity contribution is 7.88. The fourth-order valence-electron chi connectivity index (χ4n) is 1.22. The third-order valence-corrected chi connectivity index (χ3v) is 2.51. The first-order chi connectivity index (χ1) is 7.61. The van der Waals surface area contributed by atoms with Crippen molar-refractivity contribution < 1.29 is 23.1 Å². The van der Waals surface area contributed by atoms with Gasteiger partial charge >= 0.3 is 5.97 Å². The first-order valence-electron chi connectivity index (χ1n) is 5.08. The van der Waals surface area contributed by atoms with Crippen LogP contribution in [0, 0.1) is 5.92 Å². The summed E-state index contributed by atoms with van der Waals surface area (Å²) in [6, 6.07) is -0.940. The molecule has 0 saturated carbocycles. The number of nitrogens with one attached hydrogen (secondary N) is 2. The van der Waals surface area contributed by atoms with Crippen molar-refractivity contribution in [2.45, 2.75) is 26.3 Å². The van der Waals surface area contributed by atoms with Gasteiger partial charge in [-0.3, -0.25) is 9.59 Å². The van der Waals surface area contributed by atoms with Gasteiger partial charge in [0.2, 0.25) is 15.9 Å². The minimum atomic E-state index is -3.51. The summed E-state index contributed by atoms with van der Waals surface area (Å²) >= 11 is 0. The fraction of sp³-hybridized carbons (Fsp3) is 0.778. The molecule has 1 atom stereocenters. The molecule has 0 aromatic heterocycles. The highest BCUT2D eigenvalue weighted by Crippen LogP contribution is 2.05. The lowest BCUT2D eigenvalue weighted by Crippen LogP contribution is -2.48. The molecule has 17 heavy (non-hydrogen) atoms. The van der Waals surface area contributed by atoms with Crippen LogP contribution in [0.1, 0.15) is 20.3 Å². The Kier molecular flexibility index (Phi) is 6.11. The Balaban J connectivity index is 4.56. The van der Waals surface area contributed by atoms with E-state index in [9.17, 15) is 18.0 Å². The lowest BCUT2D eigenvalue weighted by Gasteiger charge is -2.18. The number of carboxylic acids is 1. The predicted octanol–water partition coefficient (Wildman–Crippen LogP) is -0.849. The van der Waals surface area contributed by atoms with Gasteiger partial charge in [0.25, 0.3) is 0 Å². The Morgan fingerprint density at radius 3 is 2.18 bits per heavy atom. The second kappa shape index (κ2) is 6.55. The summed E-state index contributed by atoms with van der Waals surface area (Å²) in [6.07, 6.45) is 1.25. The molecule has 0 aliphatic rings. The van der Waals surface area contributed by atoms with E-state index in [-0.39, 0.29) is 5.92 Å². The summed E-state index contributed by atoms with van der Waals surface area (Å²) in [5.41, 5.74) is 0. The molecular formula is C9H18N2O5S.